The van der Waals surface area contributed by atoms with Gasteiger partial charge >= 0.3 is 0 Å². The largest absolute Gasteiger partial charge is 0.353 e. The number of halogens is 1. The molecule has 2 fully saturated rings. The molecule has 4 rings (SSSR count). The van der Waals surface area contributed by atoms with Gasteiger partial charge in [0.1, 0.15) is 17.7 Å². The van der Waals surface area contributed by atoms with Gasteiger partial charge < -0.3 is 4.90 Å². The first-order valence-electron chi connectivity index (χ1n) is 9.76. The molecule has 0 amide bonds. The summed E-state index contributed by atoms with van der Waals surface area (Å²) < 4.78 is 13.4. The van der Waals surface area contributed by atoms with Crippen LogP contribution in [-0.2, 0) is 0 Å². The topological polar surface area (TPSA) is 67.0 Å². The molecule has 0 spiro atoms. The third-order valence-corrected chi connectivity index (χ3v) is 5.57. The van der Waals surface area contributed by atoms with Gasteiger partial charge in [-0.25, -0.2) is 9.37 Å². The van der Waals surface area contributed by atoms with Gasteiger partial charge in [-0.15, -0.1) is 0 Å². The van der Waals surface area contributed by atoms with E-state index in [0.717, 1.165) is 44.5 Å². The Kier molecular flexibility index (Phi) is 5.43. The van der Waals surface area contributed by atoms with E-state index in [1.165, 1.54) is 12.3 Å². The first-order chi connectivity index (χ1) is 14.2. The van der Waals surface area contributed by atoms with E-state index >= 15 is 0 Å². The van der Waals surface area contributed by atoms with E-state index in [1.54, 1.807) is 6.07 Å². The third-order valence-electron chi connectivity index (χ3n) is 5.57. The second-order valence-electron chi connectivity index (χ2n) is 7.38. The van der Waals surface area contributed by atoms with E-state index in [2.05, 4.69) is 38.8 Å². The van der Waals surface area contributed by atoms with E-state index in [4.69, 9.17) is 5.26 Å². The molecule has 2 saturated heterocycles. The van der Waals surface area contributed by atoms with Crippen molar-refractivity contribution in [2.75, 3.05) is 24.5 Å². The van der Waals surface area contributed by atoms with Crippen LogP contribution in [0.3, 0.4) is 0 Å². The first-order valence-corrected chi connectivity index (χ1v) is 9.76. The molecular weight excluding hydrogens is 365 g/mol. The summed E-state index contributed by atoms with van der Waals surface area (Å²) in [5, 5.41) is 18.4. The summed E-state index contributed by atoms with van der Waals surface area (Å²) >= 11 is 0. The Balaban J connectivity index is 1.50. The van der Waals surface area contributed by atoms with Crippen molar-refractivity contribution in [3.63, 3.8) is 0 Å². The van der Waals surface area contributed by atoms with E-state index in [0.29, 0.717) is 17.4 Å². The van der Waals surface area contributed by atoms with Crippen LogP contribution in [0.1, 0.15) is 36.0 Å². The van der Waals surface area contributed by atoms with Gasteiger partial charge in [0.25, 0.3) is 0 Å². The lowest BCUT2D eigenvalue weighted by molar-refractivity contribution is 0.100. The molecule has 0 radical (unpaired) electrons. The first kappa shape index (κ1) is 18.9. The van der Waals surface area contributed by atoms with Crippen molar-refractivity contribution in [1.29, 1.82) is 10.5 Å². The normalized spacial score (nSPS) is 21.3. The summed E-state index contributed by atoms with van der Waals surface area (Å²) in [6.07, 6.45) is 4.36. The number of fused-ring (bicyclic) bond motifs is 1. The maximum atomic E-state index is 13.4. The van der Waals surface area contributed by atoms with Gasteiger partial charge in [-0.3, -0.25) is 4.90 Å². The Bertz CT molecular complexity index is 1060. The Labute approximate surface area is 170 Å². The molecule has 2 aliphatic rings. The van der Waals surface area contributed by atoms with Crippen molar-refractivity contribution >= 4 is 5.82 Å². The minimum absolute atomic E-state index is 0.179. The van der Waals surface area contributed by atoms with Crippen LogP contribution in [0.4, 0.5) is 10.2 Å². The minimum atomic E-state index is -0.489. The van der Waals surface area contributed by atoms with Crippen molar-refractivity contribution in [2.45, 2.75) is 31.3 Å². The van der Waals surface area contributed by atoms with Crippen LogP contribution < -0.4 is 4.90 Å². The fraction of sp³-hybridized carbons (Fsp3) is 0.348. The van der Waals surface area contributed by atoms with E-state index in [9.17, 15) is 9.65 Å². The number of anilines is 1. The quantitative estimate of drug-likeness (QED) is 0.706. The van der Waals surface area contributed by atoms with Gasteiger partial charge in [0, 0.05) is 31.2 Å². The molecule has 0 aliphatic carbocycles. The number of hydrogen-bond acceptors (Lipinski definition) is 5. The van der Waals surface area contributed by atoms with Gasteiger partial charge in [-0.1, -0.05) is 17.9 Å². The van der Waals surface area contributed by atoms with Crippen LogP contribution in [0.5, 0.6) is 0 Å². The van der Waals surface area contributed by atoms with Crippen molar-refractivity contribution < 1.29 is 4.39 Å². The highest BCUT2D eigenvalue weighted by Gasteiger charge is 2.35. The van der Waals surface area contributed by atoms with Gasteiger partial charge in [0.2, 0.25) is 0 Å². The maximum Gasteiger partial charge on any atom is 0.146 e. The SMILES string of the molecule is N#Cc1cccc(C#CC2CCCC3CN(c4ncc(F)cc4C#N)CCN23)c1. The molecule has 1 aromatic heterocycles. The molecule has 2 aliphatic heterocycles. The molecule has 0 bridgehead atoms. The zero-order chi connectivity index (χ0) is 20.2. The number of aromatic nitrogens is 1. The molecule has 3 heterocycles. The molecule has 6 heteroatoms. The summed E-state index contributed by atoms with van der Waals surface area (Å²) in [6.45, 7) is 2.31. The molecule has 0 saturated carbocycles. The molecule has 2 atom stereocenters. The van der Waals surface area contributed by atoms with Crippen LogP contribution >= 0.6 is 0 Å². The number of piperazine rings is 1. The number of hydrogen-bond donors (Lipinski definition) is 0. The molecule has 5 nitrogen and oxygen atoms in total. The summed E-state index contributed by atoms with van der Waals surface area (Å²) in [4.78, 5) is 8.71. The molecule has 144 valence electrons. The third kappa shape index (κ3) is 4.06. The highest BCUT2D eigenvalue weighted by Crippen LogP contribution is 2.29. The lowest BCUT2D eigenvalue weighted by Crippen LogP contribution is -2.58. The number of benzene rings is 1. The van der Waals surface area contributed by atoms with Crippen LogP contribution in [0.25, 0.3) is 0 Å². The Morgan fingerprint density at radius 2 is 1.93 bits per heavy atom. The second-order valence-corrected chi connectivity index (χ2v) is 7.38. The van der Waals surface area contributed by atoms with Crippen LogP contribution in [0.15, 0.2) is 36.5 Å². The average molecular weight is 385 g/mol. The van der Waals surface area contributed by atoms with Gasteiger partial charge in [0.15, 0.2) is 0 Å². The second kappa shape index (κ2) is 8.31. The van der Waals surface area contributed by atoms with Crippen LogP contribution in [-0.4, -0.2) is 41.6 Å². The van der Waals surface area contributed by atoms with Crippen molar-refractivity contribution in [1.82, 2.24) is 9.88 Å². The molecular formula is C23H20FN5. The maximum absolute atomic E-state index is 13.4. The summed E-state index contributed by atoms with van der Waals surface area (Å²) in [5.74, 6) is 6.72. The smallest absolute Gasteiger partial charge is 0.146 e. The fourth-order valence-corrected chi connectivity index (χ4v) is 4.20. The van der Waals surface area contributed by atoms with Crippen molar-refractivity contribution in [3.05, 3.63) is 59.0 Å². The summed E-state index contributed by atoms with van der Waals surface area (Å²) in [6, 6.07) is 13.3. The Hall–Kier alpha value is -3.40. The zero-order valence-electron chi connectivity index (χ0n) is 16.0. The summed E-state index contributed by atoms with van der Waals surface area (Å²) in [7, 11) is 0. The van der Waals surface area contributed by atoms with E-state index in [-0.39, 0.29) is 11.6 Å². The lowest BCUT2D eigenvalue weighted by Gasteiger charge is -2.47. The monoisotopic (exact) mass is 385 g/mol. The average Bonchev–Trinajstić information content (AvgIpc) is 2.77. The predicted molar refractivity (Wildman–Crippen MR) is 107 cm³/mol. The summed E-state index contributed by atoms with van der Waals surface area (Å²) in [5.41, 5.74) is 1.76. The van der Waals surface area contributed by atoms with E-state index in [1.807, 2.05) is 18.2 Å². The number of rotatable bonds is 1. The molecule has 0 N–H and O–H groups in total. The van der Waals surface area contributed by atoms with Crippen LogP contribution in [0.2, 0.25) is 0 Å². The highest BCUT2D eigenvalue weighted by molar-refractivity contribution is 5.54. The standard InChI is InChI=1S/C23H20FN5/c24-20-12-19(14-26)23(27-15-20)28-9-10-29-21(5-2-6-22(29)16-28)8-7-17-3-1-4-18(11-17)13-25/h1,3-4,11-12,15,21-22H,2,5-6,9-10,16H2. The fourth-order valence-electron chi connectivity index (χ4n) is 4.20. The van der Waals surface area contributed by atoms with Gasteiger partial charge in [-0.2, -0.15) is 10.5 Å². The van der Waals surface area contributed by atoms with E-state index < -0.39 is 5.82 Å². The molecule has 2 aromatic rings. The Morgan fingerprint density at radius 3 is 2.76 bits per heavy atom. The Morgan fingerprint density at radius 1 is 1.07 bits per heavy atom. The molecule has 29 heavy (non-hydrogen) atoms. The highest BCUT2D eigenvalue weighted by atomic mass is 19.1. The number of pyridine rings is 1. The number of nitriles is 2. The lowest BCUT2D eigenvalue weighted by atomic mass is 9.93. The van der Waals surface area contributed by atoms with Gasteiger partial charge in [0.05, 0.1) is 29.4 Å². The minimum Gasteiger partial charge on any atom is -0.353 e. The van der Waals surface area contributed by atoms with Crippen molar-refractivity contribution in [3.8, 4) is 24.0 Å². The van der Waals surface area contributed by atoms with Gasteiger partial charge in [-0.05, 0) is 43.5 Å². The molecule has 1 aromatic carbocycles. The number of nitrogens with zero attached hydrogens (tertiary/aromatic N) is 5. The van der Waals surface area contributed by atoms with Crippen molar-refractivity contribution in [2.24, 2.45) is 0 Å². The molecule has 2 unspecified atom stereocenters. The van der Waals surface area contributed by atoms with Crippen LogP contribution in [0, 0.1) is 40.3 Å². The number of piperidine rings is 1. The predicted octanol–water partition coefficient (Wildman–Crippen LogP) is 3.06. The zero-order valence-corrected chi connectivity index (χ0v) is 16.0.